The number of hydrogen-bond donors (Lipinski definition) is 1. The normalized spacial score (nSPS) is 15.6. The number of anilines is 1. The van der Waals surface area contributed by atoms with Crippen molar-refractivity contribution in [3.8, 4) is 11.4 Å². The number of nitrogens with zero attached hydrogens (tertiary/aromatic N) is 3. The van der Waals surface area contributed by atoms with Crippen LogP contribution in [0.2, 0.25) is 0 Å². The third kappa shape index (κ3) is 11.4. The topological polar surface area (TPSA) is 90.6 Å². The van der Waals surface area contributed by atoms with E-state index in [1.54, 1.807) is 0 Å². The van der Waals surface area contributed by atoms with Crippen molar-refractivity contribution in [2.24, 2.45) is 5.73 Å². The summed E-state index contributed by atoms with van der Waals surface area (Å²) in [5.41, 5.74) is 7.61. The fourth-order valence-corrected chi connectivity index (χ4v) is 4.61. The van der Waals surface area contributed by atoms with E-state index in [9.17, 15) is 0 Å². The minimum absolute atomic E-state index is 0.00166. The third-order valence-electron chi connectivity index (χ3n) is 5.52. The number of morpholine rings is 1. The Bertz CT molecular complexity index is 838. The fraction of sp³-hybridized carbons (Fsp3) is 0.621. The molecule has 0 spiro atoms. The average Bonchev–Trinajstić information content (AvgIpc) is 2.97. The second-order valence-corrected chi connectivity index (χ2v) is 9.24. The van der Waals surface area contributed by atoms with E-state index in [1.165, 1.54) is 12.0 Å². The Balaban J connectivity index is 0.00000114. The van der Waals surface area contributed by atoms with Gasteiger partial charge >= 0.3 is 0 Å². The lowest BCUT2D eigenvalue weighted by Crippen LogP contribution is -2.37. The van der Waals surface area contributed by atoms with Gasteiger partial charge in [-0.1, -0.05) is 77.8 Å². The number of carbonyl (C=O) groups excluding carboxylic acids is 1. The van der Waals surface area contributed by atoms with Crippen LogP contribution in [0.1, 0.15) is 72.1 Å². The van der Waals surface area contributed by atoms with Gasteiger partial charge in [-0.25, -0.2) is 9.97 Å². The standard InChI is InChI=1S/C21H27N3O2S.C3H8.2C2H6.CH3NO/c1-16-3-5-17(6-4-16)20-22-18(21(27-2)7-11-25-12-8-21)15-19(23-20)24-9-13-26-14-10-24;1-3-2;2*1-2;2-1-3/h3-6,15H,7-14H2,1-2H3;3H2,1-2H3;2*1-2H3;1H,(H2,2,3). The summed E-state index contributed by atoms with van der Waals surface area (Å²) in [6, 6.07) is 10.7. The number of nitrogens with two attached hydrogens (primary N) is 1. The van der Waals surface area contributed by atoms with E-state index in [4.69, 9.17) is 24.2 Å². The predicted molar refractivity (Wildman–Crippen MR) is 159 cm³/mol. The van der Waals surface area contributed by atoms with E-state index in [2.05, 4.69) is 68.0 Å². The maximum Gasteiger partial charge on any atom is 0.204 e. The molecule has 0 unspecified atom stereocenters. The minimum Gasteiger partial charge on any atom is -0.381 e. The molecular weight excluding hydrogens is 484 g/mol. The molecule has 3 heterocycles. The molecule has 0 bridgehead atoms. The van der Waals surface area contributed by atoms with Gasteiger partial charge in [0.25, 0.3) is 0 Å². The second-order valence-electron chi connectivity index (χ2n) is 8.05. The summed E-state index contributed by atoms with van der Waals surface area (Å²) in [5.74, 6) is 1.83. The molecule has 37 heavy (non-hydrogen) atoms. The summed E-state index contributed by atoms with van der Waals surface area (Å²) in [6.45, 7) is 19.2. The molecule has 1 aromatic carbocycles. The molecule has 1 amide bonds. The molecule has 0 radical (unpaired) electrons. The molecule has 0 atom stereocenters. The van der Waals surface area contributed by atoms with Gasteiger partial charge in [-0.05, 0) is 26.0 Å². The number of amides is 1. The number of thioether (sulfide) groups is 1. The molecule has 2 aromatic rings. The van der Waals surface area contributed by atoms with Gasteiger partial charge < -0.3 is 20.1 Å². The maximum absolute atomic E-state index is 8.58. The lowest BCUT2D eigenvalue weighted by molar-refractivity contribution is -0.106. The van der Waals surface area contributed by atoms with Crippen molar-refractivity contribution < 1.29 is 14.3 Å². The van der Waals surface area contributed by atoms with Crippen molar-refractivity contribution in [3.05, 3.63) is 41.6 Å². The summed E-state index contributed by atoms with van der Waals surface area (Å²) in [6.07, 6.45) is 5.66. The molecule has 2 saturated heterocycles. The maximum atomic E-state index is 8.58. The highest BCUT2D eigenvalue weighted by Crippen LogP contribution is 2.43. The van der Waals surface area contributed by atoms with Crippen LogP contribution in [0, 0.1) is 6.92 Å². The monoisotopic (exact) mass is 534 g/mol. The van der Waals surface area contributed by atoms with E-state index >= 15 is 0 Å². The van der Waals surface area contributed by atoms with Crippen LogP contribution in [0.25, 0.3) is 11.4 Å². The summed E-state index contributed by atoms with van der Waals surface area (Å²) in [7, 11) is 0. The molecule has 2 N–H and O–H groups in total. The quantitative estimate of drug-likeness (QED) is 0.465. The predicted octanol–water partition coefficient (Wildman–Crippen LogP) is 6.23. The molecule has 1 aromatic heterocycles. The third-order valence-corrected chi connectivity index (χ3v) is 6.91. The van der Waals surface area contributed by atoms with Crippen molar-refractivity contribution in [2.75, 3.05) is 50.7 Å². The SMILES string of the molecule is CC.CC.CCC.CSC1(c2cc(N3CCOCC3)nc(-c3ccc(C)cc3)n2)CCOCC1.NC=O. The summed E-state index contributed by atoms with van der Waals surface area (Å²) in [4.78, 5) is 20.9. The number of primary amides is 1. The Hall–Kier alpha value is -2.16. The van der Waals surface area contributed by atoms with Crippen LogP contribution in [-0.4, -0.2) is 62.2 Å². The molecule has 2 fully saturated rings. The van der Waals surface area contributed by atoms with E-state index in [-0.39, 0.29) is 11.2 Å². The van der Waals surface area contributed by atoms with E-state index in [0.717, 1.165) is 75.3 Å². The number of aromatic nitrogens is 2. The second kappa shape index (κ2) is 20.8. The summed E-state index contributed by atoms with van der Waals surface area (Å²) in [5, 5.41) is 0. The first kappa shape index (κ1) is 34.8. The van der Waals surface area contributed by atoms with Gasteiger partial charge in [-0.2, -0.15) is 11.8 Å². The zero-order valence-electron chi connectivity index (χ0n) is 24.4. The summed E-state index contributed by atoms with van der Waals surface area (Å²) < 4.78 is 11.2. The van der Waals surface area contributed by atoms with Crippen molar-refractivity contribution in [3.63, 3.8) is 0 Å². The Morgan fingerprint density at radius 2 is 1.46 bits per heavy atom. The first-order valence-corrected chi connectivity index (χ1v) is 14.8. The number of benzene rings is 1. The Morgan fingerprint density at radius 1 is 0.973 bits per heavy atom. The smallest absolute Gasteiger partial charge is 0.204 e. The van der Waals surface area contributed by atoms with Crippen molar-refractivity contribution in [1.82, 2.24) is 9.97 Å². The van der Waals surface area contributed by atoms with Crippen LogP contribution < -0.4 is 10.6 Å². The van der Waals surface area contributed by atoms with Gasteiger partial charge in [0.05, 0.1) is 23.7 Å². The lowest BCUT2D eigenvalue weighted by atomic mass is 9.94. The highest BCUT2D eigenvalue weighted by atomic mass is 32.2. The number of hydrogen-bond acceptors (Lipinski definition) is 7. The van der Waals surface area contributed by atoms with Gasteiger partial charge in [0, 0.05) is 37.9 Å². The molecule has 7 nitrogen and oxygen atoms in total. The molecule has 2 aliphatic heterocycles. The fourth-order valence-electron chi connectivity index (χ4n) is 3.72. The number of ether oxygens (including phenoxy) is 2. The minimum atomic E-state index is 0.00166. The Kier molecular flexibility index (Phi) is 19.6. The van der Waals surface area contributed by atoms with Crippen LogP contribution in [0.15, 0.2) is 30.3 Å². The van der Waals surface area contributed by atoms with E-state index < -0.39 is 0 Å². The lowest BCUT2D eigenvalue weighted by Gasteiger charge is -2.36. The van der Waals surface area contributed by atoms with Crippen LogP contribution in [0.4, 0.5) is 5.82 Å². The van der Waals surface area contributed by atoms with Crippen molar-refractivity contribution in [1.29, 1.82) is 0 Å². The first-order valence-electron chi connectivity index (χ1n) is 13.6. The number of aryl methyl sites for hydroxylation is 1. The van der Waals surface area contributed by atoms with Gasteiger partial charge in [0.2, 0.25) is 6.41 Å². The molecule has 0 saturated carbocycles. The molecule has 210 valence electrons. The molecule has 0 aliphatic carbocycles. The molecule has 2 aliphatic rings. The molecular formula is C29H50N4O3S. The number of carbonyl (C=O) groups is 1. The van der Waals surface area contributed by atoms with Crippen LogP contribution in [0.3, 0.4) is 0 Å². The average molecular weight is 535 g/mol. The zero-order valence-corrected chi connectivity index (χ0v) is 25.2. The van der Waals surface area contributed by atoms with Crippen LogP contribution in [0.5, 0.6) is 0 Å². The number of rotatable bonds is 4. The first-order chi connectivity index (χ1) is 18.0. The molecule has 4 rings (SSSR count). The van der Waals surface area contributed by atoms with E-state index in [0.29, 0.717) is 0 Å². The Morgan fingerprint density at radius 3 is 1.95 bits per heavy atom. The van der Waals surface area contributed by atoms with Gasteiger partial charge in [0.1, 0.15) is 5.82 Å². The zero-order chi connectivity index (χ0) is 28.1. The van der Waals surface area contributed by atoms with Gasteiger partial charge in [0.15, 0.2) is 5.82 Å². The van der Waals surface area contributed by atoms with Gasteiger partial charge in [-0.3, -0.25) is 4.79 Å². The van der Waals surface area contributed by atoms with Crippen molar-refractivity contribution in [2.45, 2.75) is 72.5 Å². The highest BCUT2D eigenvalue weighted by Gasteiger charge is 2.36. The van der Waals surface area contributed by atoms with Crippen molar-refractivity contribution >= 4 is 24.0 Å². The summed E-state index contributed by atoms with van der Waals surface area (Å²) >= 11 is 1.89. The Labute approximate surface area is 229 Å². The highest BCUT2D eigenvalue weighted by molar-refractivity contribution is 7.99. The molecule has 8 heteroatoms. The largest absolute Gasteiger partial charge is 0.381 e. The van der Waals surface area contributed by atoms with E-state index in [1.807, 2.05) is 39.5 Å². The van der Waals surface area contributed by atoms with Crippen LogP contribution in [-0.2, 0) is 19.0 Å². The van der Waals surface area contributed by atoms with Crippen LogP contribution >= 0.6 is 11.8 Å². The van der Waals surface area contributed by atoms with Gasteiger partial charge in [-0.15, -0.1) is 0 Å².